The molecule has 7 heteroatoms. The van der Waals surface area contributed by atoms with E-state index in [1.165, 1.54) is 6.07 Å². The summed E-state index contributed by atoms with van der Waals surface area (Å²) in [5.74, 6) is 0. The first-order chi connectivity index (χ1) is 10.0. The molecule has 0 radical (unpaired) electrons. The summed E-state index contributed by atoms with van der Waals surface area (Å²) >= 11 is 0. The van der Waals surface area contributed by atoms with Gasteiger partial charge in [-0.1, -0.05) is 13.0 Å². The summed E-state index contributed by atoms with van der Waals surface area (Å²) in [5.41, 5.74) is 1.06. The molecule has 0 saturated carbocycles. The van der Waals surface area contributed by atoms with Crippen molar-refractivity contribution in [1.82, 2.24) is 9.62 Å². The van der Waals surface area contributed by atoms with E-state index in [0.29, 0.717) is 24.2 Å². The molecule has 1 unspecified atom stereocenters. The summed E-state index contributed by atoms with van der Waals surface area (Å²) in [7, 11) is -3.57. The van der Waals surface area contributed by atoms with Gasteiger partial charge in [0.25, 0.3) is 0 Å². The van der Waals surface area contributed by atoms with Gasteiger partial charge in [-0.2, -0.15) is 9.57 Å². The van der Waals surface area contributed by atoms with Crippen LogP contribution in [0.5, 0.6) is 0 Å². The van der Waals surface area contributed by atoms with E-state index in [4.69, 9.17) is 5.26 Å². The highest BCUT2D eigenvalue weighted by Crippen LogP contribution is 2.25. The van der Waals surface area contributed by atoms with E-state index in [-0.39, 0.29) is 23.3 Å². The third kappa shape index (κ3) is 3.79. The van der Waals surface area contributed by atoms with Gasteiger partial charge in [0.2, 0.25) is 10.0 Å². The molecule has 0 spiro atoms. The van der Waals surface area contributed by atoms with E-state index in [0.717, 1.165) is 19.4 Å². The van der Waals surface area contributed by atoms with E-state index in [1.54, 1.807) is 23.4 Å². The van der Waals surface area contributed by atoms with Gasteiger partial charge in [0, 0.05) is 19.1 Å². The van der Waals surface area contributed by atoms with Gasteiger partial charge in [-0.05, 0) is 44.0 Å². The molecule has 1 fully saturated rings. The average molecular weight is 344 g/mol. The van der Waals surface area contributed by atoms with Gasteiger partial charge in [-0.15, -0.1) is 12.4 Å². The Kier molecular flexibility index (Phi) is 6.82. The number of benzene rings is 1. The Hall–Kier alpha value is -1.13. The van der Waals surface area contributed by atoms with Crippen LogP contribution in [0.3, 0.4) is 0 Å². The molecule has 0 bridgehead atoms. The third-order valence-corrected chi connectivity index (χ3v) is 5.88. The second-order valence-corrected chi connectivity index (χ2v) is 7.21. The molecule has 1 aromatic rings. The van der Waals surface area contributed by atoms with E-state index in [2.05, 4.69) is 5.32 Å². The molecule has 0 amide bonds. The van der Waals surface area contributed by atoms with Crippen molar-refractivity contribution in [2.75, 3.05) is 19.6 Å². The maximum Gasteiger partial charge on any atom is 0.243 e. The molecule has 2 rings (SSSR count). The fourth-order valence-electron chi connectivity index (χ4n) is 2.68. The van der Waals surface area contributed by atoms with Crippen LogP contribution in [-0.4, -0.2) is 38.4 Å². The molecule has 1 atom stereocenters. The minimum atomic E-state index is -3.57. The van der Waals surface area contributed by atoms with Crippen LogP contribution in [0.15, 0.2) is 23.1 Å². The molecule has 22 heavy (non-hydrogen) atoms. The van der Waals surface area contributed by atoms with Crippen molar-refractivity contribution in [1.29, 1.82) is 5.26 Å². The Morgan fingerprint density at radius 1 is 1.45 bits per heavy atom. The maximum atomic E-state index is 13.0. The highest BCUT2D eigenvalue weighted by Gasteiger charge is 2.33. The van der Waals surface area contributed by atoms with Crippen LogP contribution in [0.1, 0.15) is 30.9 Å². The molecule has 1 saturated heterocycles. The topological polar surface area (TPSA) is 73.2 Å². The monoisotopic (exact) mass is 343 g/mol. The molecule has 1 aromatic carbocycles. The number of hydrogen-bond donors (Lipinski definition) is 1. The minimum Gasteiger partial charge on any atom is -0.315 e. The number of rotatable bonds is 5. The normalized spacial score (nSPS) is 18.0. The number of nitrogens with zero attached hydrogens (tertiary/aromatic N) is 2. The van der Waals surface area contributed by atoms with Crippen LogP contribution in [0.25, 0.3) is 0 Å². The zero-order valence-electron chi connectivity index (χ0n) is 12.9. The lowest BCUT2D eigenvalue weighted by Gasteiger charge is -2.28. The predicted molar refractivity (Wildman–Crippen MR) is 88.6 cm³/mol. The standard InChI is InChI=1S/C15H21N3O2S.ClH/c1-3-8-18(14-6-7-17-11-14)21(19,20)15-9-13(10-16)5-4-12(15)2;/h4-5,9,14,17H,3,6-8,11H2,1-2H3;1H. The zero-order chi connectivity index (χ0) is 15.5. The highest BCUT2D eigenvalue weighted by molar-refractivity contribution is 7.89. The maximum absolute atomic E-state index is 13.0. The summed E-state index contributed by atoms with van der Waals surface area (Å²) in [6.07, 6.45) is 1.60. The van der Waals surface area contributed by atoms with Gasteiger partial charge in [0.05, 0.1) is 16.5 Å². The van der Waals surface area contributed by atoms with Gasteiger partial charge in [-0.3, -0.25) is 0 Å². The first-order valence-electron chi connectivity index (χ1n) is 7.24. The third-order valence-electron chi connectivity index (χ3n) is 3.79. The summed E-state index contributed by atoms with van der Waals surface area (Å²) in [6, 6.07) is 6.84. The molecule has 122 valence electrons. The molecule has 1 aliphatic heterocycles. The van der Waals surface area contributed by atoms with E-state index in [9.17, 15) is 8.42 Å². The second-order valence-electron chi connectivity index (χ2n) is 5.35. The van der Waals surface area contributed by atoms with E-state index in [1.807, 2.05) is 13.0 Å². The average Bonchev–Trinajstić information content (AvgIpc) is 2.98. The molecule has 1 N–H and O–H groups in total. The van der Waals surface area contributed by atoms with Crippen molar-refractivity contribution in [2.24, 2.45) is 0 Å². The second kappa shape index (κ2) is 7.93. The van der Waals surface area contributed by atoms with Crippen LogP contribution in [0, 0.1) is 18.3 Å². The van der Waals surface area contributed by atoms with Gasteiger partial charge >= 0.3 is 0 Å². The quantitative estimate of drug-likeness (QED) is 0.888. The Labute approximate surface area is 138 Å². The molecule has 0 aliphatic carbocycles. The number of nitriles is 1. The minimum absolute atomic E-state index is 0. The zero-order valence-corrected chi connectivity index (χ0v) is 14.5. The smallest absolute Gasteiger partial charge is 0.243 e. The van der Waals surface area contributed by atoms with Crippen LogP contribution in [0.2, 0.25) is 0 Å². The Bertz CT molecular complexity index is 649. The lowest BCUT2D eigenvalue weighted by molar-refractivity contribution is 0.335. The summed E-state index contributed by atoms with van der Waals surface area (Å²) < 4.78 is 27.6. The van der Waals surface area contributed by atoms with Gasteiger partial charge in [-0.25, -0.2) is 8.42 Å². The van der Waals surface area contributed by atoms with Gasteiger partial charge < -0.3 is 5.32 Å². The molecule has 1 heterocycles. The van der Waals surface area contributed by atoms with Crippen molar-refractivity contribution in [3.8, 4) is 6.07 Å². The van der Waals surface area contributed by atoms with E-state index < -0.39 is 10.0 Å². The molecular formula is C15H22ClN3O2S. The van der Waals surface area contributed by atoms with Crippen molar-refractivity contribution < 1.29 is 8.42 Å². The van der Waals surface area contributed by atoms with Crippen molar-refractivity contribution in [3.63, 3.8) is 0 Å². The SMILES string of the molecule is CCCN(C1CCNC1)S(=O)(=O)c1cc(C#N)ccc1C.Cl. The number of sulfonamides is 1. The Morgan fingerprint density at radius 3 is 2.73 bits per heavy atom. The highest BCUT2D eigenvalue weighted by atomic mass is 35.5. The lowest BCUT2D eigenvalue weighted by atomic mass is 10.2. The Morgan fingerprint density at radius 2 is 2.18 bits per heavy atom. The van der Waals surface area contributed by atoms with Gasteiger partial charge in [0.1, 0.15) is 0 Å². The number of halogens is 1. The fraction of sp³-hybridized carbons (Fsp3) is 0.533. The van der Waals surface area contributed by atoms with Crippen LogP contribution in [0.4, 0.5) is 0 Å². The van der Waals surface area contributed by atoms with Crippen LogP contribution in [-0.2, 0) is 10.0 Å². The summed E-state index contributed by atoms with van der Waals surface area (Å²) in [4.78, 5) is 0.252. The molecule has 0 aromatic heterocycles. The van der Waals surface area contributed by atoms with Crippen LogP contribution < -0.4 is 5.32 Å². The fourth-order valence-corrected chi connectivity index (χ4v) is 4.68. The largest absolute Gasteiger partial charge is 0.315 e. The number of hydrogen-bond acceptors (Lipinski definition) is 4. The first kappa shape index (κ1) is 18.9. The summed E-state index contributed by atoms with van der Waals surface area (Å²) in [6.45, 7) is 5.78. The van der Waals surface area contributed by atoms with E-state index >= 15 is 0 Å². The predicted octanol–water partition coefficient (Wildman–Crippen LogP) is 2.05. The molecule has 1 aliphatic rings. The molecule has 5 nitrogen and oxygen atoms in total. The number of nitrogens with one attached hydrogen (secondary N) is 1. The van der Waals surface area contributed by atoms with Crippen molar-refractivity contribution >= 4 is 22.4 Å². The summed E-state index contributed by atoms with van der Waals surface area (Å²) in [5, 5.41) is 12.2. The lowest BCUT2D eigenvalue weighted by Crippen LogP contribution is -2.42. The van der Waals surface area contributed by atoms with Crippen molar-refractivity contribution in [3.05, 3.63) is 29.3 Å². The first-order valence-corrected chi connectivity index (χ1v) is 8.68. The molecular weight excluding hydrogens is 322 g/mol. The van der Waals surface area contributed by atoms with Crippen molar-refractivity contribution in [2.45, 2.75) is 37.6 Å². The van der Waals surface area contributed by atoms with Gasteiger partial charge in [0.15, 0.2) is 0 Å². The van der Waals surface area contributed by atoms with Crippen LogP contribution >= 0.6 is 12.4 Å². The Balaban J connectivity index is 0.00000242. The number of aryl methyl sites for hydroxylation is 1.